The van der Waals surface area contributed by atoms with Gasteiger partial charge in [-0.1, -0.05) is 0 Å². The first-order valence-corrected chi connectivity index (χ1v) is 8.13. The average molecular weight is 380 g/mol. The minimum Gasteiger partial charge on any atom is -0.461 e. The molecule has 0 radical (unpaired) electrons. The Labute approximate surface area is 155 Å². The molecule has 0 saturated heterocycles. The van der Waals surface area contributed by atoms with Crippen LogP contribution in [0, 0.1) is 5.82 Å². The predicted molar refractivity (Wildman–Crippen MR) is 91.0 cm³/mol. The third-order valence-electron chi connectivity index (χ3n) is 3.33. The molecule has 0 aliphatic heterocycles. The van der Waals surface area contributed by atoms with Crippen molar-refractivity contribution in [2.75, 3.05) is 7.11 Å². The summed E-state index contributed by atoms with van der Waals surface area (Å²) in [5.74, 6) is -2.53. The zero-order chi connectivity index (χ0) is 20.4. The highest BCUT2D eigenvalue weighted by Gasteiger charge is 2.29. The van der Waals surface area contributed by atoms with E-state index in [1.165, 1.54) is 13.2 Å². The molecule has 0 bridgehead atoms. The van der Waals surface area contributed by atoms with Crippen molar-refractivity contribution >= 4 is 23.9 Å². The van der Waals surface area contributed by atoms with E-state index in [4.69, 9.17) is 15.0 Å². The Morgan fingerprint density at radius 2 is 2.07 bits per heavy atom. The summed E-state index contributed by atoms with van der Waals surface area (Å²) in [5, 5.41) is 2.45. The highest BCUT2D eigenvalue weighted by Crippen LogP contribution is 2.15. The first kappa shape index (κ1) is 22.1. The zero-order valence-electron chi connectivity index (χ0n) is 15.2. The lowest BCUT2D eigenvalue weighted by molar-refractivity contribution is -0.153. The highest BCUT2D eigenvalue weighted by atomic mass is 19.1. The minimum absolute atomic E-state index is 0.0740. The smallest absolute Gasteiger partial charge is 0.328 e. The number of nitrogens with zero attached hydrogens (tertiary/aromatic N) is 3. The lowest BCUT2D eigenvalue weighted by Crippen LogP contribution is -2.45. The second-order valence-corrected chi connectivity index (χ2v) is 5.81. The van der Waals surface area contributed by atoms with Crippen LogP contribution in [0.5, 0.6) is 0 Å². The summed E-state index contributed by atoms with van der Waals surface area (Å²) in [6, 6.07) is 1.28. The number of hydrogen-bond donors (Lipinski definition) is 1. The van der Waals surface area contributed by atoms with Gasteiger partial charge < -0.3 is 20.3 Å². The number of nitrogens with one attached hydrogen (secondary N) is 1. The van der Waals surface area contributed by atoms with Crippen molar-refractivity contribution in [3.63, 3.8) is 0 Å². The van der Waals surface area contributed by atoms with Crippen LogP contribution in [0.2, 0.25) is 0 Å². The molecular weight excluding hydrogens is 359 g/mol. The number of amides is 1. The van der Waals surface area contributed by atoms with Crippen molar-refractivity contribution < 1.29 is 33.0 Å². The number of ether oxygens (including phenoxy) is 2. The molecule has 0 spiro atoms. The molecule has 0 fully saturated rings. The Kier molecular flexibility index (Phi) is 8.91. The number of ketones is 1. The van der Waals surface area contributed by atoms with E-state index < -0.39 is 41.7 Å². The topological polar surface area (TPSA) is 131 Å². The van der Waals surface area contributed by atoms with Crippen molar-refractivity contribution in [2.24, 2.45) is 0 Å². The first-order valence-electron chi connectivity index (χ1n) is 8.13. The van der Waals surface area contributed by atoms with Crippen LogP contribution in [0.4, 0.5) is 4.39 Å². The number of rotatable bonds is 10. The number of halogens is 1. The fraction of sp³-hybridized carbons (Fsp3) is 0.471. The number of esters is 1. The number of hydrogen-bond acceptors (Lipinski definition) is 6. The summed E-state index contributed by atoms with van der Waals surface area (Å²) in [6.07, 6.45) is -0.207. The Hall–Kier alpha value is -2.97. The number of Topliss-reactive ketones (excluding diaryl/α,β-unsaturated/α-hetero) is 1. The molecule has 27 heavy (non-hydrogen) atoms. The molecule has 2 atom stereocenters. The molecule has 0 aliphatic carbocycles. The lowest BCUT2D eigenvalue weighted by atomic mass is 10.1. The number of carbonyl (C=O) groups excluding carboxylic acids is 3. The number of methoxy groups -OCH3 is 1. The van der Waals surface area contributed by atoms with Crippen molar-refractivity contribution in [3.05, 3.63) is 35.4 Å². The lowest BCUT2D eigenvalue weighted by Gasteiger charge is -2.21. The molecule has 1 aromatic heterocycles. The van der Waals surface area contributed by atoms with E-state index in [1.807, 2.05) is 0 Å². The van der Waals surface area contributed by atoms with Gasteiger partial charge >= 0.3 is 12.2 Å². The van der Waals surface area contributed by atoms with Gasteiger partial charge in [0.05, 0.1) is 18.0 Å². The van der Waals surface area contributed by atoms with Crippen LogP contribution in [-0.2, 0) is 23.9 Å². The van der Waals surface area contributed by atoms with Gasteiger partial charge in [0.15, 0.2) is 6.10 Å². The quantitative estimate of drug-likeness (QED) is 0.279. The SMILES string of the molecule is CO[C@H](C(=O)N[C@@H](CCC(=O)C=[N+]=[N-])C(=O)OC(C)C)c1ccc(F)cn1. The standard InChI is InChI=1S/C17H21FN4O5/c1-10(2)27-17(25)14(7-5-12(23)9-21-19)22-16(24)15(26-3)13-6-4-11(18)8-20-13/h4,6,8-10,14-15H,5,7H2,1-3H3,(H,22,24)/t14-,15-/m0/s1. The molecule has 10 heteroatoms. The van der Waals surface area contributed by atoms with Gasteiger partial charge in [-0.15, -0.1) is 0 Å². The van der Waals surface area contributed by atoms with Crippen molar-refractivity contribution in [1.29, 1.82) is 0 Å². The maximum Gasteiger partial charge on any atom is 0.328 e. The van der Waals surface area contributed by atoms with Crippen molar-refractivity contribution in [3.8, 4) is 0 Å². The average Bonchev–Trinajstić information content (AvgIpc) is 2.60. The zero-order valence-corrected chi connectivity index (χ0v) is 15.2. The maximum absolute atomic E-state index is 13.0. The Morgan fingerprint density at radius 3 is 2.59 bits per heavy atom. The first-order chi connectivity index (χ1) is 12.8. The van der Waals surface area contributed by atoms with E-state index in [9.17, 15) is 18.8 Å². The van der Waals surface area contributed by atoms with Crippen LogP contribution in [0.25, 0.3) is 5.53 Å². The molecular formula is C17H21FN4O5. The Morgan fingerprint density at radius 1 is 1.37 bits per heavy atom. The molecule has 1 heterocycles. The van der Waals surface area contributed by atoms with Crippen LogP contribution in [0.1, 0.15) is 38.5 Å². The fourth-order valence-electron chi connectivity index (χ4n) is 2.13. The van der Waals surface area contributed by atoms with Gasteiger partial charge in [-0.05, 0) is 32.4 Å². The summed E-state index contributed by atoms with van der Waals surface area (Å²) >= 11 is 0. The number of carbonyl (C=O) groups is 3. The van der Waals surface area contributed by atoms with Gasteiger partial charge in [-0.2, -0.15) is 4.79 Å². The number of aromatic nitrogens is 1. The fourth-order valence-corrected chi connectivity index (χ4v) is 2.13. The highest BCUT2D eigenvalue weighted by molar-refractivity contribution is 6.25. The van der Waals surface area contributed by atoms with Crippen molar-refractivity contribution in [2.45, 2.75) is 44.9 Å². The monoisotopic (exact) mass is 380 g/mol. The molecule has 146 valence electrons. The summed E-state index contributed by atoms with van der Waals surface area (Å²) in [6.45, 7) is 3.28. The number of pyridine rings is 1. The van der Waals surface area contributed by atoms with Gasteiger partial charge in [0.2, 0.25) is 5.78 Å². The van der Waals surface area contributed by atoms with Crippen LogP contribution in [0.3, 0.4) is 0 Å². The predicted octanol–water partition coefficient (Wildman–Crippen LogP) is 0.994. The molecule has 1 amide bonds. The molecule has 0 aromatic carbocycles. The molecule has 1 rings (SSSR count). The molecule has 0 unspecified atom stereocenters. The third kappa shape index (κ3) is 7.43. The van der Waals surface area contributed by atoms with Gasteiger partial charge in [-0.3, -0.25) is 14.6 Å². The van der Waals surface area contributed by atoms with Gasteiger partial charge in [-0.25, -0.2) is 9.18 Å². The van der Waals surface area contributed by atoms with Crippen LogP contribution in [-0.4, -0.2) is 52.9 Å². The van der Waals surface area contributed by atoms with E-state index >= 15 is 0 Å². The maximum atomic E-state index is 13.0. The van der Waals surface area contributed by atoms with E-state index in [0.29, 0.717) is 6.21 Å². The largest absolute Gasteiger partial charge is 0.461 e. The van der Waals surface area contributed by atoms with Gasteiger partial charge in [0, 0.05) is 13.5 Å². The second kappa shape index (κ2) is 10.9. The molecule has 1 N–H and O–H groups in total. The third-order valence-corrected chi connectivity index (χ3v) is 3.33. The van der Waals surface area contributed by atoms with Gasteiger partial charge in [0.25, 0.3) is 5.91 Å². The minimum atomic E-state index is -1.19. The summed E-state index contributed by atoms with van der Waals surface area (Å²) in [7, 11) is 1.26. The Bertz CT molecular complexity index is 717. The summed E-state index contributed by atoms with van der Waals surface area (Å²) in [4.78, 5) is 42.6. The van der Waals surface area contributed by atoms with Crippen molar-refractivity contribution in [1.82, 2.24) is 10.3 Å². The van der Waals surface area contributed by atoms with Gasteiger partial charge in [0.1, 0.15) is 11.9 Å². The molecule has 0 saturated carbocycles. The van der Waals surface area contributed by atoms with Crippen LogP contribution in [0.15, 0.2) is 18.3 Å². The van der Waals surface area contributed by atoms with E-state index in [1.54, 1.807) is 13.8 Å². The van der Waals surface area contributed by atoms with E-state index in [-0.39, 0.29) is 18.5 Å². The molecule has 0 aliphatic rings. The van der Waals surface area contributed by atoms with Crippen LogP contribution >= 0.6 is 0 Å². The molecule has 1 aromatic rings. The summed E-state index contributed by atoms with van der Waals surface area (Å²) < 4.78 is 23.2. The van der Waals surface area contributed by atoms with E-state index in [2.05, 4.69) is 15.1 Å². The van der Waals surface area contributed by atoms with E-state index in [0.717, 1.165) is 12.3 Å². The second-order valence-electron chi connectivity index (χ2n) is 5.81. The Balaban J connectivity index is 2.91. The molecule has 9 nitrogen and oxygen atoms in total. The summed E-state index contributed by atoms with van der Waals surface area (Å²) in [5.41, 5.74) is 8.51. The van der Waals surface area contributed by atoms with Crippen LogP contribution < -0.4 is 5.32 Å². The normalized spacial score (nSPS) is 12.6.